The quantitative estimate of drug-likeness (QED) is 0.696. The zero-order valence-electron chi connectivity index (χ0n) is 9.03. The standard InChI is InChI=1S/C10H16N2O2S/c1-6(13)7-3-4-9-12(10(7)14)8(11-2)5-15-9/h7-9,11H,3-5H2,1-2H3. The summed E-state index contributed by atoms with van der Waals surface area (Å²) in [6.07, 6.45) is 1.77. The Labute approximate surface area is 93.8 Å². The number of hydrogen-bond acceptors (Lipinski definition) is 4. The third-order valence-electron chi connectivity index (χ3n) is 3.17. The Morgan fingerprint density at radius 2 is 2.27 bits per heavy atom. The third kappa shape index (κ3) is 1.78. The Hall–Kier alpha value is -0.550. The van der Waals surface area contributed by atoms with Crippen molar-refractivity contribution in [2.24, 2.45) is 5.92 Å². The fourth-order valence-electron chi connectivity index (χ4n) is 2.29. The number of nitrogens with one attached hydrogen (secondary N) is 1. The number of Topliss-reactive ketones (excluding diaryl/α,β-unsaturated/α-hetero) is 1. The summed E-state index contributed by atoms with van der Waals surface area (Å²) in [5.74, 6) is 0.557. The van der Waals surface area contributed by atoms with Crippen molar-refractivity contribution in [1.29, 1.82) is 0 Å². The Morgan fingerprint density at radius 1 is 1.53 bits per heavy atom. The Morgan fingerprint density at radius 3 is 2.87 bits per heavy atom. The minimum absolute atomic E-state index is 0.00482. The first-order chi connectivity index (χ1) is 7.15. The molecule has 2 aliphatic rings. The summed E-state index contributed by atoms with van der Waals surface area (Å²) >= 11 is 1.81. The number of carbonyl (C=O) groups is 2. The molecule has 0 aromatic rings. The van der Waals surface area contributed by atoms with Crippen molar-refractivity contribution < 1.29 is 9.59 Å². The van der Waals surface area contributed by atoms with Crippen molar-refractivity contribution in [3.8, 4) is 0 Å². The maximum absolute atomic E-state index is 12.1. The van der Waals surface area contributed by atoms with Crippen molar-refractivity contribution in [2.75, 3.05) is 12.8 Å². The van der Waals surface area contributed by atoms with E-state index in [1.54, 1.807) is 0 Å². The molecule has 0 spiro atoms. The summed E-state index contributed by atoms with van der Waals surface area (Å²) in [6, 6.07) is 0. The van der Waals surface area contributed by atoms with E-state index in [-0.39, 0.29) is 23.2 Å². The highest BCUT2D eigenvalue weighted by Crippen LogP contribution is 2.37. The Bertz CT molecular complexity index is 289. The Kier molecular flexibility index (Phi) is 3.02. The highest BCUT2D eigenvalue weighted by molar-refractivity contribution is 8.00. The molecule has 0 aromatic carbocycles. The molecule has 0 aliphatic carbocycles. The van der Waals surface area contributed by atoms with E-state index in [4.69, 9.17) is 0 Å². The number of amides is 1. The highest BCUT2D eigenvalue weighted by Gasteiger charge is 2.44. The zero-order chi connectivity index (χ0) is 11.0. The van der Waals surface area contributed by atoms with Gasteiger partial charge in [-0.05, 0) is 26.8 Å². The fourth-order valence-corrected chi connectivity index (χ4v) is 3.74. The molecule has 2 heterocycles. The van der Waals surface area contributed by atoms with Gasteiger partial charge in [-0.3, -0.25) is 14.9 Å². The molecule has 0 bridgehead atoms. The van der Waals surface area contributed by atoms with Gasteiger partial charge in [0.15, 0.2) is 0 Å². The van der Waals surface area contributed by atoms with Crippen molar-refractivity contribution >= 4 is 23.5 Å². The molecule has 2 rings (SSSR count). The topological polar surface area (TPSA) is 49.4 Å². The average Bonchev–Trinajstić information content (AvgIpc) is 2.61. The molecule has 0 aromatic heterocycles. The SMILES string of the molecule is CNC1CSC2CCC(C(C)=O)C(=O)N12. The smallest absolute Gasteiger partial charge is 0.235 e. The average molecular weight is 228 g/mol. The van der Waals surface area contributed by atoms with E-state index in [1.807, 2.05) is 23.7 Å². The molecule has 84 valence electrons. The summed E-state index contributed by atoms with van der Waals surface area (Å²) in [5.41, 5.74) is 0. The molecule has 0 saturated carbocycles. The molecule has 3 atom stereocenters. The molecule has 2 aliphatic heterocycles. The second-order valence-corrected chi connectivity index (χ2v) is 5.29. The maximum atomic E-state index is 12.1. The van der Waals surface area contributed by atoms with Crippen LogP contribution >= 0.6 is 11.8 Å². The monoisotopic (exact) mass is 228 g/mol. The number of fused-ring (bicyclic) bond motifs is 1. The maximum Gasteiger partial charge on any atom is 0.235 e. The molecule has 2 saturated heterocycles. The number of thioether (sulfide) groups is 1. The van der Waals surface area contributed by atoms with E-state index in [0.29, 0.717) is 0 Å². The first-order valence-electron chi connectivity index (χ1n) is 5.26. The lowest BCUT2D eigenvalue weighted by Gasteiger charge is -2.36. The summed E-state index contributed by atoms with van der Waals surface area (Å²) in [4.78, 5) is 25.2. The lowest BCUT2D eigenvalue weighted by atomic mass is 9.93. The first-order valence-corrected chi connectivity index (χ1v) is 6.31. The van der Waals surface area contributed by atoms with Crippen LogP contribution in [0.5, 0.6) is 0 Å². The minimum Gasteiger partial charge on any atom is -0.314 e. The van der Waals surface area contributed by atoms with Crippen LogP contribution in [0.1, 0.15) is 19.8 Å². The molecule has 5 heteroatoms. The Balaban J connectivity index is 2.17. The number of ketones is 1. The molecule has 1 amide bonds. The molecule has 15 heavy (non-hydrogen) atoms. The van der Waals surface area contributed by atoms with Gasteiger partial charge in [-0.2, -0.15) is 0 Å². The zero-order valence-corrected chi connectivity index (χ0v) is 9.84. The van der Waals surface area contributed by atoms with Crippen LogP contribution in [0.25, 0.3) is 0 Å². The van der Waals surface area contributed by atoms with Gasteiger partial charge in [0.2, 0.25) is 5.91 Å². The number of piperidine rings is 1. The van der Waals surface area contributed by atoms with Crippen molar-refractivity contribution in [1.82, 2.24) is 10.2 Å². The summed E-state index contributed by atoms with van der Waals surface area (Å²) in [7, 11) is 1.86. The molecule has 0 radical (unpaired) electrons. The first kappa shape index (κ1) is 11.0. The molecule has 4 nitrogen and oxygen atoms in total. The number of nitrogens with zero attached hydrogens (tertiary/aromatic N) is 1. The van der Waals surface area contributed by atoms with E-state index in [9.17, 15) is 9.59 Å². The van der Waals surface area contributed by atoms with Crippen LogP contribution in [0.4, 0.5) is 0 Å². The largest absolute Gasteiger partial charge is 0.314 e. The third-order valence-corrected chi connectivity index (χ3v) is 4.53. The number of rotatable bonds is 2. The normalized spacial score (nSPS) is 35.5. The molecular weight excluding hydrogens is 212 g/mol. The van der Waals surface area contributed by atoms with Crippen LogP contribution in [0.15, 0.2) is 0 Å². The predicted molar refractivity (Wildman–Crippen MR) is 59.3 cm³/mol. The van der Waals surface area contributed by atoms with Crippen LogP contribution in [0.3, 0.4) is 0 Å². The minimum atomic E-state index is -0.393. The second-order valence-electron chi connectivity index (χ2n) is 4.08. The summed E-state index contributed by atoms with van der Waals surface area (Å²) < 4.78 is 0. The van der Waals surface area contributed by atoms with Crippen LogP contribution in [0.2, 0.25) is 0 Å². The van der Waals surface area contributed by atoms with Crippen LogP contribution in [-0.4, -0.2) is 40.9 Å². The van der Waals surface area contributed by atoms with Crippen molar-refractivity contribution in [2.45, 2.75) is 31.3 Å². The van der Waals surface area contributed by atoms with Gasteiger partial charge in [-0.1, -0.05) is 0 Å². The second kappa shape index (κ2) is 4.14. The van der Waals surface area contributed by atoms with E-state index >= 15 is 0 Å². The van der Waals surface area contributed by atoms with Crippen molar-refractivity contribution in [3.63, 3.8) is 0 Å². The van der Waals surface area contributed by atoms with Crippen LogP contribution < -0.4 is 5.32 Å². The summed E-state index contributed by atoms with van der Waals surface area (Å²) in [6.45, 7) is 1.51. The van der Waals surface area contributed by atoms with Gasteiger partial charge < -0.3 is 4.90 Å². The van der Waals surface area contributed by atoms with Gasteiger partial charge in [0.05, 0.1) is 17.5 Å². The molecule has 1 N–H and O–H groups in total. The molecule has 3 unspecified atom stereocenters. The van der Waals surface area contributed by atoms with Crippen LogP contribution in [-0.2, 0) is 9.59 Å². The van der Waals surface area contributed by atoms with Gasteiger partial charge in [0.25, 0.3) is 0 Å². The van der Waals surface area contributed by atoms with Crippen LogP contribution in [0, 0.1) is 5.92 Å². The predicted octanol–water partition coefficient (Wildman–Crippen LogP) is 0.432. The molecular formula is C10H16N2O2S. The van der Waals surface area contributed by atoms with E-state index < -0.39 is 5.92 Å². The number of hydrogen-bond donors (Lipinski definition) is 1. The van der Waals surface area contributed by atoms with Gasteiger partial charge >= 0.3 is 0 Å². The molecule has 2 fully saturated rings. The lowest BCUT2D eigenvalue weighted by molar-refractivity contribution is -0.146. The lowest BCUT2D eigenvalue weighted by Crippen LogP contribution is -2.53. The van der Waals surface area contributed by atoms with Gasteiger partial charge in [-0.25, -0.2) is 0 Å². The van der Waals surface area contributed by atoms with Crippen molar-refractivity contribution in [3.05, 3.63) is 0 Å². The van der Waals surface area contributed by atoms with Gasteiger partial charge in [0.1, 0.15) is 5.78 Å². The van der Waals surface area contributed by atoms with E-state index in [0.717, 1.165) is 18.6 Å². The highest BCUT2D eigenvalue weighted by atomic mass is 32.2. The summed E-state index contributed by atoms with van der Waals surface area (Å²) in [5, 5.41) is 3.41. The van der Waals surface area contributed by atoms with Gasteiger partial charge in [0, 0.05) is 5.75 Å². The number of carbonyl (C=O) groups excluding carboxylic acids is 2. The van der Waals surface area contributed by atoms with Gasteiger partial charge in [-0.15, -0.1) is 11.8 Å². The van der Waals surface area contributed by atoms with E-state index in [2.05, 4.69) is 5.32 Å². The van der Waals surface area contributed by atoms with E-state index in [1.165, 1.54) is 6.92 Å². The fraction of sp³-hybridized carbons (Fsp3) is 0.800.